The zero-order valence-corrected chi connectivity index (χ0v) is 13.4. The van der Waals surface area contributed by atoms with Crippen LogP contribution in [0.15, 0.2) is 0 Å². The molecule has 4 nitrogen and oxygen atoms in total. The van der Waals surface area contributed by atoms with Crippen LogP contribution in [0.1, 0.15) is 0 Å². The lowest BCUT2D eigenvalue weighted by Gasteiger charge is -2.36. The minimum Gasteiger partial charge on any atom is -0.376 e. The van der Waals surface area contributed by atoms with Gasteiger partial charge in [0.05, 0.1) is 0 Å². The molecule has 0 aliphatic carbocycles. The van der Waals surface area contributed by atoms with Gasteiger partial charge < -0.3 is 5.11 Å². The Morgan fingerprint density at radius 2 is 1.04 bits per heavy atom. The van der Waals surface area contributed by atoms with E-state index in [0.29, 0.717) is 0 Å². The third-order valence-electron chi connectivity index (χ3n) is 2.55. The van der Waals surface area contributed by atoms with Gasteiger partial charge in [0.2, 0.25) is 5.85 Å². The Morgan fingerprint density at radius 1 is 0.714 bits per heavy atom. The van der Waals surface area contributed by atoms with Crippen molar-refractivity contribution in [3.05, 3.63) is 0 Å². The summed E-state index contributed by atoms with van der Waals surface area (Å²) in [7, 11) is -7.01. The van der Waals surface area contributed by atoms with Crippen LogP contribution in [-0.2, 0) is 13.6 Å². The number of rotatable bonds is 9. The Labute approximate surface area is 144 Å². The van der Waals surface area contributed by atoms with Crippen molar-refractivity contribution in [2.75, 3.05) is 13.2 Å². The molecule has 0 aliphatic heterocycles. The fourth-order valence-corrected chi connectivity index (χ4v) is 2.79. The van der Waals surface area contributed by atoms with Gasteiger partial charge in [-0.15, -0.1) is 0 Å². The van der Waals surface area contributed by atoms with Crippen molar-refractivity contribution in [1.29, 1.82) is 0 Å². The molecule has 0 aromatic carbocycles. The summed E-state index contributed by atoms with van der Waals surface area (Å²) in [5.41, 5.74) is 0. The number of hydrogen-bond acceptors (Lipinski definition) is 4. The maximum absolute atomic E-state index is 13.5. The molecule has 0 fully saturated rings. The third kappa shape index (κ3) is 6.06. The van der Waals surface area contributed by atoms with Crippen LogP contribution in [0.5, 0.6) is 0 Å². The first kappa shape index (κ1) is 27.1. The molecule has 1 atom stereocenters. The van der Waals surface area contributed by atoms with Crippen LogP contribution in [-0.4, -0.2) is 60.7 Å². The predicted molar refractivity (Wildman–Crippen MR) is 58.5 cm³/mol. The van der Waals surface area contributed by atoms with E-state index >= 15 is 0 Å². The molecule has 170 valence electrons. The summed E-state index contributed by atoms with van der Waals surface area (Å²) in [5.74, 6) is -26.4. The van der Waals surface area contributed by atoms with E-state index in [1.165, 1.54) is 0 Å². The van der Waals surface area contributed by atoms with E-state index in [1.54, 1.807) is 0 Å². The average molecular weight is 476 g/mol. The van der Waals surface area contributed by atoms with Crippen LogP contribution in [0.4, 0.5) is 61.5 Å². The van der Waals surface area contributed by atoms with Gasteiger partial charge >= 0.3 is 44.1 Å². The lowest BCUT2D eigenvalue weighted by atomic mass is 10.1. The third-order valence-corrected chi connectivity index (χ3v) is 4.45. The number of halogens is 14. The number of alkyl halides is 14. The molecule has 0 heterocycles. The second-order valence-electron chi connectivity index (χ2n) is 4.81. The molecule has 0 saturated heterocycles. The molecular formula is C9H7F14O4P. The lowest BCUT2D eigenvalue weighted by Crippen LogP contribution is -2.61. The van der Waals surface area contributed by atoms with Crippen molar-refractivity contribution in [3.8, 4) is 0 Å². The van der Waals surface area contributed by atoms with Gasteiger partial charge in [0.15, 0.2) is 13.2 Å². The summed E-state index contributed by atoms with van der Waals surface area (Å²) < 4.78 is 192. The Balaban J connectivity index is 6.08. The molecule has 1 unspecified atom stereocenters. The van der Waals surface area contributed by atoms with Crippen LogP contribution >= 0.6 is 7.60 Å². The molecule has 0 amide bonds. The highest BCUT2D eigenvalue weighted by molar-refractivity contribution is 7.54. The van der Waals surface area contributed by atoms with E-state index in [-0.39, 0.29) is 0 Å². The summed E-state index contributed by atoms with van der Waals surface area (Å²) in [6.07, 6.45) is -16.9. The molecule has 0 saturated carbocycles. The number of hydrogen-bond donors (Lipinski definition) is 1. The minimum atomic E-state index is -7.31. The Hall–Kier alpha value is -0.870. The van der Waals surface area contributed by atoms with Gasteiger partial charge in [0.25, 0.3) is 0 Å². The molecule has 0 rings (SSSR count). The minimum absolute atomic E-state index is 3.02. The second-order valence-corrected chi connectivity index (χ2v) is 6.90. The van der Waals surface area contributed by atoms with Crippen LogP contribution in [0.3, 0.4) is 0 Å². The molecule has 0 radical (unpaired) electrons. The summed E-state index contributed by atoms with van der Waals surface area (Å²) in [6.45, 7) is -6.04. The first-order chi connectivity index (χ1) is 12.0. The quantitative estimate of drug-likeness (QED) is 0.383. The summed E-state index contributed by atoms with van der Waals surface area (Å²) in [6, 6.07) is 0. The molecule has 19 heteroatoms. The van der Waals surface area contributed by atoms with Crippen molar-refractivity contribution in [1.82, 2.24) is 0 Å². The van der Waals surface area contributed by atoms with E-state index in [9.17, 15) is 66.0 Å². The predicted octanol–water partition coefficient (Wildman–Crippen LogP) is 4.83. The molecule has 0 aromatic rings. The van der Waals surface area contributed by atoms with Gasteiger partial charge in [-0.3, -0.25) is 13.6 Å². The highest BCUT2D eigenvalue weighted by Gasteiger charge is 2.80. The second kappa shape index (κ2) is 8.10. The van der Waals surface area contributed by atoms with Gasteiger partial charge in [0.1, 0.15) is 0 Å². The van der Waals surface area contributed by atoms with Crippen molar-refractivity contribution in [3.63, 3.8) is 0 Å². The Kier molecular flexibility index (Phi) is 7.85. The van der Waals surface area contributed by atoms with E-state index in [4.69, 9.17) is 5.11 Å². The largest absolute Gasteiger partial charge is 0.412 e. The van der Waals surface area contributed by atoms with E-state index in [0.717, 1.165) is 0 Å². The Bertz CT molecular complexity index is 548. The van der Waals surface area contributed by atoms with Crippen molar-refractivity contribution in [2.45, 2.75) is 42.4 Å². The van der Waals surface area contributed by atoms with E-state index in [2.05, 4.69) is 9.05 Å². The smallest absolute Gasteiger partial charge is 0.376 e. The van der Waals surface area contributed by atoms with Gasteiger partial charge in [0, 0.05) is 0 Å². The molecule has 0 bridgehead atoms. The fourth-order valence-electron chi connectivity index (χ4n) is 1.22. The first-order valence-electron chi connectivity index (χ1n) is 6.13. The van der Waals surface area contributed by atoms with Crippen molar-refractivity contribution < 1.29 is 80.2 Å². The van der Waals surface area contributed by atoms with E-state index in [1.807, 2.05) is 0 Å². The zero-order chi connectivity index (χ0) is 23.0. The standard InChI is InChI=1S/C9H7F14O4P/c10-3(11)7(18,19)9(22,23)8(20,21)4(24)28(25,26-1-5(12,13)14)27-2-6(15,16)17/h3-4,24H,1-2H2. The van der Waals surface area contributed by atoms with Crippen LogP contribution in [0.2, 0.25) is 0 Å². The normalized spacial score (nSPS) is 16.6. The molecule has 0 aliphatic rings. The fraction of sp³-hybridized carbons (Fsp3) is 1.00. The molecular weight excluding hydrogens is 469 g/mol. The monoisotopic (exact) mass is 476 g/mol. The topological polar surface area (TPSA) is 55.8 Å². The van der Waals surface area contributed by atoms with Crippen LogP contribution in [0.25, 0.3) is 0 Å². The summed E-state index contributed by atoms with van der Waals surface area (Å²) in [5, 5.41) is 8.91. The zero-order valence-electron chi connectivity index (χ0n) is 12.5. The highest BCUT2D eigenvalue weighted by Crippen LogP contribution is 2.62. The summed E-state index contributed by atoms with van der Waals surface area (Å²) in [4.78, 5) is 0. The Morgan fingerprint density at radius 3 is 1.29 bits per heavy atom. The number of aliphatic hydroxyl groups is 1. The van der Waals surface area contributed by atoms with Gasteiger partial charge in [-0.2, -0.15) is 52.7 Å². The van der Waals surface area contributed by atoms with Crippen LogP contribution in [0, 0.1) is 0 Å². The molecule has 0 aromatic heterocycles. The van der Waals surface area contributed by atoms with Gasteiger partial charge in [-0.05, 0) is 0 Å². The first-order valence-corrected chi connectivity index (χ1v) is 7.74. The maximum Gasteiger partial charge on any atom is 0.412 e. The SMILES string of the molecule is O=P(OCC(F)(F)F)(OCC(F)(F)F)C(O)C(F)(F)C(F)(F)C(F)(F)C(F)F. The van der Waals surface area contributed by atoms with Crippen molar-refractivity contribution >= 4 is 7.60 Å². The summed E-state index contributed by atoms with van der Waals surface area (Å²) >= 11 is 0. The molecule has 0 spiro atoms. The van der Waals surface area contributed by atoms with Crippen LogP contribution < -0.4 is 0 Å². The average Bonchev–Trinajstić information content (AvgIpc) is 2.48. The van der Waals surface area contributed by atoms with Gasteiger partial charge in [-0.25, -0.2) is 8.78 Å². The van der Waals surface area contributed by atoms with Gasteiger partial charge in [-0.1, -0.05) is 0 Å². The van der Waals surface area contributed by atoms with Crippen molar-refractivity contribution in [2.24, 2.45) is 0 Å². The highest BCUT2D eigenvalue weighted by atomic mass is 31.2. The lowest BCUT2D eigenvalue weighted by molar-refractivity contribution is -0.349. The number of aliphatic hydroxyl groups excluding tert-OH is 1. The molecule has 28 heavy (non-hydrogen) atoms. The molecule has 1 N–H and O–H groups in total. The maximum atomic E-state index is 13.5. The van der Waals surface area contributed by atoms with E-state index < -0.39 is 63.2 Å².